The minimum Gasteiger partial charge on any atom is -0.487 e. The monoisotopic (exact) mass is 817 g/mol. The standard InChI is InChI=1S/C35H55N5O17/c1-48-31-24(56-25(27(42)28(31)43)20-55-32-29(44)30(45)35(49-2)57-33(32)34(46)47)17-26(41)37-7-9-50-11-13-52-15-16-53-14-12-51-10-8-40-18-22(38-39-40)19-54-23-5-3-21(36)4-6-23/h3-6,18,24-25,27-33,35,42-45H,7-17,19-20,36H2,1-2H3,(H,37,41)(H,46,47). The fraction of sp³-hybridized carbons (Fsp3) is 0.714. The molecule has 0 spiro atoms. The Morgan fingerprint density at radius 2 is 1.44 bits per heavy atom. The number of benzene rings is 1. The van der Waals surface area contributed by atoms with Crippen molar-refractivity contribution in [3.63, 3.8) is 0 Å². The number of carboxylic acid groups (broad SMARTS) is 1. The minimum absolute atomic E-state index is 0.169. The van der Waals surface area contributed by atoms with Crippen molar-refractivity contribution in [1.82, 2.24) is 20.3 Å². The highest BCUT2D eigenvalue weighted by atomic mass is 16.7. The SMILES string of the molecule is COC1OC(C(=O)O)C(OCC2OC(CC(=O)NCCOCCOCCOCCOCCn3cc(COc4ccc(N)cc4)nn3)C(OC)C(O)C2O)C(O)C1O. The van der Waals surface area contributed by atoms with Crippen LogP contribution in [0.15, 0.2) is 30.5 Å². The van der Waals surface area contributed by atoms with E-state index in [1.54, 1.807) is 35.1 Å². The second-order valence-electron chi connectivity index (χ2n) is 13.0. The van der Waals surface area contributed by atoms with Crippen LogP contribution in [0.2, 0.25) is 0 Å². The molecule has 0 radical (unpaired) electrons. The van der Waals surface area contributed by atoms with Crippen LogP contribution in [0.25, 0.3) is 0 Å². The molecule has 1 amide bonds. The van der Waals surface area contributed by atoms with Crippen LogP contribution < -0.4 is 15.8 Å². The van der Waals surface area contributed by atoms with Crippen LogP contribution >= 0.6 is 0 Å². The molecule has 10 unspecified atom stereocenters. The fourth-order valence-corrected chi connectivity index (χ4v) is 5.91. The average Bonchev–Trinajstić information content (AvgIpc) is 3.65. The molecule has 10 atom stereocenters. The van der Waals surface area contributed by atoms with Gasteiger partial charge in [-0.1, -0.05) is 5.21 Å². The molecule has 0 aliphatic carbocycles. The molecule has 2 fully saturated rings. The van der Waals surface area contributed by atoms with Crippen molar-refractivity contribution in [3.8, 4) is 5.75 Å². The summed E-state index contributed by atoms with van der Waals surface area (Å²) < 4.78 is 56.2. The van der Waals surface area contributed by atoms with Crippen LogP contribution in [0, 0.1) is 0 Å². The number of carboxylic acids is 1. The Hall–Kier alpha value is -3.62. The van der Waals surface area contributed by atoms with Gasteiger partial charge in [0, 0.05) is 26.5 Å². The van der Waals surface area contributed by atoms with E-state index in [4.69, 9.17) is 53.1 Å². The molecule has 1 aromatic carbocycles. The van der Waals surface area contributed by atoms with Crippen molar-refractivity contribution < 1.29 is 82.5 Å². The van der Waals surface area contributed by atoms with Gasteiger partial charge < -0.3 is 84.0 Å². The first-order chi connectivity index (χ1) is 27.5. The third-order valence-electron chi connectivity index (χ3n) is 8.92. The molecule has 57 heavy (non-hydrogen) atoms. The molecule has 322 valence electrons. The number of rotatable bonds is 26. The van der Waals surface area contributed by atoms with E-state index in [-0.39, 0.29) is 32.8 Å². The summed E-state index contributed by atoms with van der Waals surface area (Å²) in [5.41, 5.74) is 7.04. The lowest BCUT2D eigenvalue weighted by Gasteiger charge is -2.44. The third-order valence-corrected chi connectivity index (χ3v) is 8.92. The number of nitrogen functional groups attached to an aromatic ring is 1. The molecule has 2 saturated heterocycles. The number of nitrogens with two attached hydrogens (primary N) is 1. The number of aromatic nitrogens is 3. The number of anilines is 1. The van der Waals surface area contributed by atoms with E-state index in [9.17, 15) is 35.1 Å². The van der Waals surface area contributed by atoms with Crippen molar-refractivity contribution in [2.24, 2.45) is 0 Å². The first-order valence-electron chi connectivity index (χ1n) is 18.4. The van der Waals surface area contributed by atoms with Crippen LogP contribution in [0.3, 0.4) is 0 Å². The third kappa shape index (κ3) is 14.6. The van der Waals surface area contributed by atoms with E-state index in [1.165, 1.54) is 14.2 Å². The molecule has 1 aromatic heterocycles. The molecule has 22 heteroatoms. The molecule has 22 nitrogen and oxygen atoms in total. The Balaban J connectivity index is 1.00. The lowest BCUT2D eigenvalue weighted by molar-refractivity contribution is -0.302. The number of nitrogens with one attached hydrogen (secondary N) is 1. The van der Waals surface area contributed by atoms with E-state index in [0.717, 1.165) is 0 Å². The average molecular weight is 818 g/mol. The molecule has 0 bridgehead atoms. The number of ether oxygens (including phenoxy) is 10. The van der Waals surface area contributed by atoms with E-state index < -0.39 is 79.7 Å². The van der Waals surface area contributed by atoms with Crippen LogP contribution in [-0.4, -0.2) is 194 Å². The molecule has 0 saturated carbocycles. The summed E-state index contributed by atoms with van der Waals surface area (Å²) in [6.45, 7) is 3.24. The fourth-order valence-electron chi connectivity index (χ4n) is 5.91. The lowest BCUT2D eigenvalue weighted by Crippen LogP contribution is -2.63. The number of nitrogens with zero attached hydrogens (tertiary/aromatic N) is 3. The molecule has 3 heterocycles. The summed E-state index contributed by atoms with van der Waals surface area (Å²) in [6.07, 6.45) is -13.0. The van der Waals surface area contributed by atoms with E-state index in [1.807, 2.05) is 0 Å². The number of hydrogen-bond donors (Lipinski definition) is 7. The first kappa shape index (κ1) is 46.1. The molecule has 2 aliphatic heterocycles. The summed E-state index contributed by atoms with van der Waals surface area (Å²) in [4.78, 5) is 24.4. The first-order valence-corrected chi connectivity index (χ1v) is 18.4. The zero-order valence-electron chi connectivity index (χ0n) is 31.9. The van der Waals surface area contributed by atoms with Gasteiger partial charge in [-0.15, -0.1) is 5.10 Å². The maximum atomic E-state index is 12.7. The second kappa shape index (κ2) is 24.3. The quantitative estimate of drug-likeness (QED) is 0.0370. The Kier molecular flexibility index (Phi) is 19.7. The summed E-state index contributed by atoms with van der Waals surface area (Å²) in [5.74, 6) is -1.25. The van der Waals surface area contributed by atoms with E-state index >= 15 is 0 Å². The highest BCUT2D eigenvalue weighted by Gasteiger charge is 2.50. The van der Waals surface area contributed by atoms with E-state index in [2.05, 4.69) is 15.6 Å². The highest BCUT2D eigenvalue weighted by Crippen LogP contribution is 2.29. The van der Waals surface area contributed by atoms with E-state index in [0.29, 0.717) is 63.3 Å². The Morgan fingerprint density at radius 3 is 2.07 bits per heavy atom. The van der Waals surface area contributed by atoms with Gasteiger partial charge in [-0.05, 0) is 24.3 Å². The van der Waals surface area contributed by atoms with Gasteiger partial charge in [-0.3, -0.25) is 4.79 Å². The van der Waals surface area contributed by atoms with Crippen molar-refractivity contribution >= 4 is 17.6 Å². The van der Waals surface area contributed by atoms with Crippen LogP contribution in [0.1, 0.15) is 12.1 Å². The smallest absolute Gasteiger partial charge is 0.335 e. The number of carbonyl (C=O) groups is 2. The van der Waals surface area contributed by atoms with Crippen LogP contribution in [0.5, 0.6) is 5.75 Å². The second-order valence-corrected chi connectivity index (χ2v) is 13.0. The lowest BCUT2D eigenvalue weighted by atomic mass is 9.93. The largest absolute Gasteiger partial charge is 0.487 e. The number of carbonyl (C=O) groups excluding carboxylic acids is 1. The van der Waals surface area contributed by atoms with Crippen molar-refractivity contribution in [1.29, 1.82) is 0 Å². The summed E-state index contributed by atoms with van der Waals surface area (Å²) in [7, 11) is 2.45. The van der Waals surface area contributed by atoms with Gasteiger partial charge in [0.2, 0.25) is 5.91 Å². The number of amides is 1. The summed E-state index contributed by atoms with van der Waals surface area (Å²) >= 11 is 0. The van der Waals surface area contributed by atoms with Gasteiger partial charge in [0.05, 0.1) is 84.7 Å². The molecule has 2 aromatic rings. The zero-order valence-corrected chi connectivity index (χ0v) is 31.9. The molecule has 8 N–H and O–H groups in total. The van der Waals surface area contributed by atoms with Crippen LogP contribution in [0.4, 0.5) is 5.69 Å². The van der Waals surface area contributed by atoms with Crippen molar-refractivity contribution in [3.05, 3.63) is 36.2 Å². The number of aliphatic hydroxyl groups excluding tert-OH is 4. The molecular formula is C35H55N5O17. The highest BCUT2D eigenvalue weighted by molar-refractivity contribution is 5.76. The van der Waals surface area contributed by atoms with Gasteiger partial charge >= 0.3 is 5.97 Å². The Bertz CT molecular complexity index is 1460. The topological polar surface area (TPSA) is 296 Å². The van der Waals surface area contributed by atoms with Crippen molar-refractivity contribution in [2.75, 3.05) is 86.0 Å². The van der Waals surface area contributed by atoms with Gasteiger partial charge in [0.25, 0.3) is 0 Å². The maximum absolute atomic E-state index is 12.7. The van der Waals surface area contributed by atoms with Gasteiger partial charge in [0.1, 0.15) is 60.8 Å². The summed E-state index contributed by atoms with van der Waals surface area (Å²) in [6, 6.07) is 7.11. The van der Waals surface area contributed by atoms with Gasteiger partial charge in [0.15, 0.2) is 12.4 Å². The Labute approximate surface area is 328 Å². The van der Waals surface area contributed by atoms with Gasteiger partial charge in [-0.2, -0.15) is 0 Å². The number of aliphatic hydroxyl groups is 4. The molecule has 4 rings (SSSR count). The summed E-state index contributed by atoms with van der Waals surface area (Å²) in [5, 5.41) is 62.4. The number of methoxy groups -OCH3 is 2. The predicted octanol–water partition coefficient (Wildman–Crippen LogP) is -2.92. The number of hydrogen-bond acceptors (Lipinski definition) is 19. The minimum atomic E-state index is -1.73. The Morgan fingerprint density at radius 1 is 0.807 bits per heavy atom. The van der Waals surface area contributed by atoms with Crippen molar-refractivity contribution in [2.45, 2.75) is 80.8 Å². The molecule has 2 aliphatic rings. The zero-order chi connectivity index (χ0) is 41.2. The maximum Gasteiger partial charge on any atom is 0.335 e. The number of aliphatic carboxylic acids is 1. The molecular weight excluding hydrogens is 762 g/mol. The predicted molar refractivity (Wildman–Crippen MR) is 193 cm³/mol. The van der Waals surface area contributed by atoms with Crippen LogP contribution in [-0.2, 0) is 65.4 Å². The van der Waals surface area contributed by atoms with Gasteiger partial charge in [-0.25, -0.2) is 9.48 Å². The normalized spacial score (nSPS) is 27.6.